The zero-order chi connectivity index (χ0) is 19.8. The zero-order valence-electron chi connectivity index (χ0n) is 15.8. The lowest BCUT2D eigenvalue weighted by molar-refractivity contribution is -0.112. The highest BCUT2D eigenvalue weighted by atomic mass is 16.5. The van der Waals surface area contributed by atoms with Crippen molar-refractivity contribution in [1.29, 1.82) is 5.26 Å². The van der Waals surface area contributed by atoms with E-state index in [1.807, 2.05) is 72.8 Å². The first-order valence-electron chi connectivity index (χ1n) is 9.35. The number of rotatable bonds is 7. The van der Waals surface area contributed by atoms with Crippen LogP contribution in [0.25, 0.3) is 16.8 Å². The van der Waals surface area contributed by atoms with Crippen molar-refractivity contribution in [2.75, 3.05) is 11.9 Å². The van der Waals surface area contributed by atoms with Gasteiger partial charge in [0.05, 0.1) is 6.61 Å². The standard InChI is InChI=1S/C24H22N2O2/c1-2-3-15-28-21-13-11-18(12-14-21)16-20(17-25)24(27)26-23-10-6-8-19-7-4-5-9-22(19)23/h4-14,16H,2-3,15H2,1H3,(H,26,27). The van der Waals surface area contributed by atoms with E-state index < -0.39 is 5.91 Å². The molecule has 0 bridgehead atoms. The van der Waals surface area contributed by atoms with E-state index >= 15 is 0 Å². The number of carbonyl (C=O) groups excluding carboxylic acids is 1. The minimum atomic E-state index is -0.429. The molecule has 3 aromatic rings. The van der Waals surface area contributed by atoms with Crippen molar-refractivity contribution in [3.05, 3.63) is 77.9 Å². The lowest BCUT2D eigenvalue weighted by Gasteiger charge is -2.08. The quantitative estimate of drug-likeness (QED) is 0.336. The monoisotopic (exact) mass is 370 g/mol. The molecule has 0 radical (unpaired) electrons. The number of benzene rings is 3. The number of nitriles is 1. The second kappa shape index (κ2) is 9.38. The number of nitrogens with zero attached hydrogens (tertiary/aromatic N) is 1. The van der Waals surface area contributed by atoms with Gasteiger partial charge in [-0.15, -0.1) is 0 Å². The molecule has 0 aromatic heterocycles. The number of amides is 1. The average molecular weight is 370 g/mol. The van der Waals surface area contributed by atoms with Crippen LogP contribution in [0.4, 0.5) is 5.69 Å². The van der Waals surface area contributed by atoms with Crippen molar-refractivity contribution in [2.24, 2.45) is 0 Å². The van der Waals surface area contributed by atoms with Crippen molar-refractivity contribution in [3.63, 3.8) is 0 Å². The molecular weight excluding hydrogens is 348 g/mol. The Hall–Kier alpha value is -3.58. The summed E-state index contributed by atoms with van der Waals surface area (Å²) in [5.41, 5.74) is 1.50. The van der Waals surface area contributed by atoms with Gasteiger partial charge in [-0.2, -0.15) is 5.26 Å². The van der Waals surface area contributed by atoms with E-state index in [4.69, 9.17) is 4.74 Å². The van der Waals surface area contributed by atoms with E-state index in [9.17, 15) is 10.1 Å². The van der Waals surface area contributed by atoms with Crippen LogP contribution >= 0.6 is 0 Å². The first kappa shape index (κ1) is 19.2. The fourth-order valence-electron chi connectivity index (χ4n) is 2.83. The van der Waals surface area contributed by atoms with Gasteiger partial charge in [-0.3, -0.25) is 4.79 Å². The summed E-state index contributed by atoms with van der Waals surface area (Å²) in [4.78, 5) is 12.6. The molecule has 1 amide bonds. The number of anilines is 1. The first-order chi connectivity index (χ1) is 13.7. The van der Waals surface area contributed by atoms with Gasteiger partial charge < -0.3 is 10.1 Å². The van der Waals surface area contributed by atoms with Crippen molar-refractivity contribution in [2.45, 2.75) is 19.8 Å². The van der Waals surface area contributed by atoms with Crippen LogP contribution in [0.2, 0.25) is 0 Å². The molecule has 0 fully saturated rings. The molecule has 0 saturated heterocycles. The van der Waals surface area contributed by atoms with E-state index in [-0.39, 0.29) is 5.57 Å². The topological polar surface area (TPSA) is 62.1 Å². The van der Waals surface area contributed by atoms with Crippen LogP contribution in [0.1, 0.15) is 25.3 Å². The van der Waals surface area contributed by atoms with Gasteiger partial charge in [-0.25, -0.2) is 0 Å². The molecule has 0 aliphatic rings. The molecule has 0 aliphatic carbocycles. The van der Waals surface area contributed by atoms with Gasteiger partial charge in [0.25, 0.3) is 5.91 Å². The Morgan fingerprint density at radius 2 is 1.82 bits per heavy atom. The van der Waals surface area contributed by atoms with Crippen LogP contribution in [-0.4, -0.2) is 12.5 Å². The van der Waals surface area contributed by atoms with Gasteiger partial charge >= 0.3 is 0 Å². The fourth-order valence-corrected chi connectivity index (χ4v) is 2.83. The normalized spacial score (nSPS) is 11.1. The third kappa shape index (κ3) is 4.77. The maximum Gasteiger partial charge on any atom is 0.266 e. The second-order valence-electron chi connectivity index (χ2n) is 6.42. The van der Waals surface area contributed by atoms with Crippen LogP contribution in [-0.2, 0) is 4.79 Å². The van der Waals surface area contributed by atoms with Gasteiger partial charge in [-0.05, 0) is 41.6 Å². The Labute approximate surface area is 165 Å². The molecule has 3 aromatic carbocycles. The van der Waals surface area contributed by atoms with E-state index in [1.165, 1.54) is 0 Å². The molecule has 4 heteroatoms. The van der Waals surface area contributed by atoms with Crippen LogP contribution < -0.4 is 10.1 Å². The average Bonchev–Trinajstić information content (AvgIpc) is 2.73. The molecule has 140 valence electrons. The maximum absolute atomic E-state index is 12.6. The highest BCUT2D eigenvalue weighted by molar-refractivity contribution is 6.12. The lowest BCUT2D eigenvalue weighted by atomic mass is 10.1. The number of ether oxygens (including phenoxy) is 1. The van der Waals surface area contributed by atoms with Gasteiger partial charge in [0.15, 0.2) is 0 Å². The Balaban J connectivity index is 1.75. The molecule has 4 nitrogen and oxygen atoms in total. The third-order valence-corrected chi connectivity index (χ3v) is 4.36. The highest BCUT2D eigenvalue weighted by Crippen LogP contribution is 2.23. The molecule has 0 aliphatic heterocycles. The Morgan fingerprint density at radius 3 is 2.57 bits per heavy atom. The summed E-state index contributed by atoms with van der Waals surface area (Å²) in [7, 11) is 0. The van der Waals surface area contributed by atoms with Crippen LogP contribution in [0.3, 0.4) is 0 Å². The third-order valence-electron chi connectivity index (χ3n) is 4.36. The minimum Gasteiger partial charge on any atom is -0.494 e. The van der Waals surface area contributed by atoms with E-state index in [0.717, 1.165) is 34.9 Å². The number of carbonyl (C=O) groups is 1. The maximum atomic E-state index is 12.6. The largest absolute Gasteiger partial charge is 0.494 e. The first-order valence-corrected chi connectivity index (χ1v) is 9.35. The summed E-state index contributed by atoms with van der Waals surface area (Å²) >= 11 is 0. The minimum absolute atomic E-state index is 0.0487. The molecule has 28 heavy (non-hydrogen) atoms. The SMILES string of the molecule is CCCCOc1ccc(C=C(C#N)C(=O)Nc2cccc3ccccc23)cc1. The van der Waals surface area contributed by atoms with Crippen LogP contribution in [0, 0.1) is 11.3 Å². The summed E-state index contributed by atoms with van der Waals surface area (Å²) in [6, 6.07) is 22.8. The zero-order valence-corrected chi connectivity index (χ0v) is 15.8. The van der Waals surface area contributed by atoms with E-state index in [0.29, 0.717) is 12.3 Å². The number of fused-ring (bicyclic) bond motifs is 1. The predicted octanol–water partition coefficient (Wildman–Crippen LogP) is 5.56. The van der Waals surface area contributed by atoms with Crippen molar-refractivity contribution >= 4 is 28.4 Å². The molecule has 3 rings (SSSR count). The number of hydrogen-bond donors (Lipinski definition) is 1. The highest BCUT2D eigenvalue weighted by Gasteiger charge is 2.11. The molecule has 0 unspecified atom stereocenters. The molecular formula is C24H22N2O2. The van der Waals surface area contributed by atoms with Crippen LogP contribution in [0.15, 0.2) is 72.3 Å². The Kier molecular flexibility index (Phi) is 6.43. The van der Waals surface area contributed by atoms with Gasteiger partial charge in [0.2, 0.25) is 0 Å². The number of nitrogens with one attached hydrogen (secondary N) is 1. The van der Waals surface area contributed by atoms with Crippen molar-refractivity contribution in [1.82, 2.24) is 0 Å². The summed E-state index contributed by atoms with van der Waals surface area (Å²) in [5.74, 6) is 0.353. The van der Waals surface area contributed by atoms with Crippen molar-refractivity contribution < 1.29 is 9.53 Å². The summed E-state index contributed by atoms with van der Waals surface area (Å²) in [6.07, 6.45) is 3.67. The molecule has 0 spiro atoms. The van der Waals surface area contributed by atoms with Gasteiger partial charge in [0.1, 0.15) is 17.4 Å². The summed E-state index contributed by atoms with van der Waals surface area (Å²) in [6.45, 7) is 2.80. The summed E-state index contributed by atoms with van der Waals surface area (Å²) in [5, 5.41) is 14.3. The van der Waals surface area contributed by atoms with E-state index in [1.54, 1.807) is 6.08 Å². The molecule has 0 heterocycles. The number of hydrogen-bond acceptors (Lipinski definition) is 3. The molecule has 1 N–H and O–H groups in total. The number of unbranched alkanes of at least 4 members (excludes halogenated alkanes) is 1. The summed E-state index contributed by atoms with van der Waals surface area (Å²) < 4.78 is 5.64. The second-order valence-corrected chi connectivity index (χ2v) is 6.42. The molecule has 0 saturated carbocycles. The smallest absolute Gasteiger partial charge is 0.266 e. The van der Waals surface area contributed by atoms with Gasteiger partial charge in [0, 0.05) is 11.1 Å². The Morgan fingerprint density at radius 1 is 1.07 bits per heavy atom. The van der Waals surface area contributed by atoms with E-state index in [2.05, 4.69) is 12.2 Å². The molecule has 0 atom stereocenters. The fraction of sp³-hybridized carbons (Fsp3) is 0.167. The van der Waals surface area contributed by atoms with Gasteiger partial charge in [-0.1, -0.05) is 61.9 Å². The Bertz CT molecular complexity index is 1030. The van der Waals surface area contributed by atoms with Crippen LogP contribution in [0.5, 0.6) is 5.75 Å². The predicted molar refractivity (Wildman–Crippen MR) is 113 cm³/mol. The van der Waals surface area contributed by atoms with Crippen molar-refractivity contribution in [3.8, 4) is 11.8 Å². The lowest BCUT2D eigenvalue weighted by Crippen LogP contribution is -2.13.